The number of benzene rings is 1. The summed E-state index contributed by atoms with van der Waals surface area (Å²) >= 11 is 0. The molecule has 7 heteroatoms. The van der Waals surface area contributed by atoms with Gasteiger partial charge in [0.25, 0.3) is 5.91 Å². The lowest BCUT2D eigenvalue weighted by Crippen LogP contribution is -2.47. The second-order valence-electron chi connectivity index (χ2n) is 6.47. The van der Waals surface area contributed by atoms with Crippen molar-refractivity contribution >= 4 is 28.7 Å². The highest BCUT2D eigenvalue weighted by molar-refractivity contribution is 5.87. The number of hydrogen-bond donors (Lipinski definition) is 2. The third-order valence-corrected chi connectivity index (χ3v) is 4.62. The van der Waals surface area contributed by atoms with Crippen LogP contribution in [-0.4, -0.2) is 42.6 Å². The van der Waals surface area contributed by atoms with Crippen molar-refractivity contribution in [2.24, 2.45) is 5.92 Å². The van der Waals surface area contributed by atoms with Crippen molar-refractivity contribution in [3.8, 4) is 0 Å². The van der Waals surface area contributed by atoms with Gasteiger partial charge in [-0.05, 0) is 24.0 Å². The predicted octanol–water partition coefficient (Wildman–Crippen LogP) is 2.35. The SMILES string of the molecule is CC[C@@H](C)[C@H](NC(=O)COC(=O)CCc1c[nH]c2ccccc12)C(=O)OC. The standard InChI is InChI=1S/C20H26N2O5/c1-4-13(2)19(20(25)26-3)22-17(23)12-27-18(24)10-9-14-11-21-16-8-6-5-7-15(14)16/h5-8,11,13,19,21H,4,9-10,12H2,1-3H3,(H,22,23)/t13-,19+/m1/s1. The van der Waals surface area contributed by atoms with Crippen LogP contribution in [0.4, 0.5) is 0 Å². The van der Waals surface area contributed by atoms with Gasteiger partial charge in [0.2, 0.25) is 0 Å². The first-order valence-corrected chi connectivity index (χ1v) is 9.04. The van der Waals surface area contributed by atoms with Gasteiger partial charge in [0.05, 0.1) is 7.11 Å². The van der Waals surface area contributed by atoms with Gasteiger partial charge < -0.3 is 19.8 Å². The molecular formula is C20H26N2O5. The lowest BCUT2D eigenvalue weighted by atomic mass is 9.99. The Bertz CT molecular complexity index is 799. The topological polar surface area (TPSA) is 97.5 Å². The lowest BCUT2D eigenvalue weighted by Gasteiger charge is -2.21. The van der Waals surface area contributed by atoms with E-state index in [1.54, 1.807) is 0 Å². The van der Waals surface area contributed by atoms with Gasteiger partial charge in [0.15, 0.2) is 6.61 Å². The molecule has 0 aliphatic heterocycles. The smallest absolute Gasteiger partial charge is 0.328 e. The molecule has 0 aliphatic carbocycles. The van der Waals surface area contributed by atoms with Crippen LogP contribution in [0.15, 0.2) is 30.5 Å². The molecule has 2 aromatic rings. The number of H-pyrrole nitrogens is 1. The van der Waals surface area contributed by atoms with Crippen LogP contribution in [-0.2, 0) is 30.3 Å². The van der Waals surface area contributed by atoms with Crippen LogP contribution >= 0.6 is 0 Å². The number of nitrogens with one attached hydrogen (secondary N) is 2. The Kier molecular flexibility index (Phi) is 7.40. The van der Waals surface area contributed by atoms with Gasteiger partial charge in [-0.1, -0.05) is 38.5 Å². The molecule has 2 atom stereocenters. The van der Waals surface area contributed by atoms with Crippen molar-refractivity contribution in [3.05, 3.63) is 36.0 Å². The zero-order chi connectivity index (χ0) is 19.8. The average Bonchev–Trinajstić information content (AvgIpc) is 3.10. The number of para-hydroxylation sites is 1. The van der Waals surface area contributed by atoms with Crippen molar-refractivity contribution in [1.29, 1.82) is 0 Å². The summed E-state index contributed by atoms with van der Waals surface area (Å²) in [4.78, 5) is 38.9. The Balaban J connectivity index is 1.80. The second-order valence-corrected chi connectivity index (χ2v) is 6.47. The first-order valence-electron chi connectivity index (χ1n) is 9.04. The van der Waals surface area contributed by atoms with Crippen molar-refractivity contribution < 1.29 is 23.9 Å². The van der Waals surface area contributed by atoms with Crippen LogP contribution in [0.25, 0.3) is 10.9 Å². The van der Waals surface area contributed by atoms with E-state index in [1.807, 2.05) is 44.3 Å². The maximum absolute atomic E-state index is 12.0. The average molecular weight is 374 g/mol. The second kappa shape index (κ2) is 9.75. The van der Waals surface area contributed by atoms with E-state index >= 15 is 0 Å². The first-order chi connectivity index (χ1) is 13.0. The highest BCUT2D eigenvalue weighted by Crippen LogP contribution is 2.19. The van der Waals surface area contributed by atoms with Gasteiger partial charge in [0.1, 0.15) is 6.04 Å². The molecule has 27 heavy (non-hydrogen) atoms. The number of fused-ring (bicyclic) bond motifs is 1. The minimum absolute atomic E-state index is 0.0843. The fourth-order valence-corrected chi connectivity index (χ4v) is 2.80. The van der Waals surface area contributed by atoms with Crippen molar-refractivity contribution in [1.82, 2.24) is 10.3 Å². The Morgan fingerprint density at radius 3 is 2.67 bits per heavy atom. The van der Waals surface area contributed by atoms with Gasteiger partial charge >= 0.3 is 11.9 Å². The fourth-order valence-electron chi connectivity index (χ4n) is 2.80. The molecule has 7 nitrogen and oxygen atoms in total. The summed E-state index contributed by atoms with van der Waals surface area (Å²) in [6.45, 7) is 3.34. The van der Waals surface area contributed by atoms with E-state index < -0.39 is 30.5 Å². The minimum atomic E-state index is -0.752. The number of carbonyl (C=O) groups is 3. The first kappa shape index (κ1) is 20.5. The van der Waals surface area contributed by atoms with E-state index in [4.69, 9.17) is 9.47 Å². The van der Waals surface area contributed by atoms with Crippen LogP contribution in [0, 0.1) is 5.92 Å². The number of rotatable bonds is 9. The largest absolute Gasteiger partial charge is 0.467 e. The number of methoxy groups -OCH3 is 1. The summed E-state index contributed by atoms with van der Waals surface area (Å²) in [6, 6.07) is 7.09. The number of aryl methyl sites for hydroxylation is 1. The number of ether oxygens (including phenoxy) is 2. The normalized spacial score (nSPS) is 13.0. The molecule has 2 N–H and O–H groups in total. The molecule has 0 fully saturated rings. The molecule has 1 aromatic carbocycles. The number of aromatic amines is 1. The van der Waals surface area contributed by atoms with Crippen LogP contribution in [0.2, 0.25) is 0 Å². The van der Waals surface area contributed by atoms with E-state index in [1.165, 1.54) is 7.11 Å². The van der Waals surface area contributed by atoms with Crippen molar-refractivity contribution in [3.63, 3.8) is 0 Å². The van der Waals surface area contributed by atoms with Gasteiger partial charge in [-0.2, -0.15) is 0 Å². The molecule has 0 radical (unpaired) electrons. The Morgan fingerprint density at radius 1 is 1.22 bits per heavy atom. The Morgan fingerprint density at radius 2 is 1.96 bits per heavy atom. The molecule has 1 heterocycles. The van der Waals surface area contributed by atoms with Gasteiger partial charge in [-0.15, -0.1) is 0 Å². The maximum Gasteiger partial charge on any atom is 0.328 e. The zero-order valence-corrected chi connectivity index (χ0v) is 15.9. The van der Waals surface area contributed by atoms with Crippen LogP contribution in [0.5, 0.6) is 0 Å². The third kappa shape index (κ3) is 5.57. The maximum atomic E-state index is 12.0. The Hall–Kier alpha value is -2.83. The van der Waals surface area contributed by atoms with Gasteiger partial charge in [0, 0.05) is 23.5 Å². The van der Waals surface area contributed by atoms with Gasteiger partial charge in [-0.3, -0.25) is 9.59 Å². The molecule has 0 aliphatic rings. The molecule has 1 amide bonds. The van der Waals surface area contributed by atoms with Crippen molar-refractivity contribution in [2.75, 3.05) is 13.7 Å². The van der Waals surface area contributed by atoms with Crippen LogP contribution in [0.1, 0.15) is 32.3 Å². The number of hydrogen-bond acceptors (Lipinski definition) is 5. The molecular weight excluding hydrogens is 348 g/mol. The summed E-state index contributed by atoms with van der Waals surface area (Å²) in [5.74, 6) is -1.58. The molecule has 0 saturated heterocycles. The highest BCUT2D eigenvalue weighted by Gasteiger charge is 2.26. The van der Waals surface area contributed by atoms with Gasteiger partial charge in [-0.25, -0.2) is 4.79 Å². The molecule has 0 unspecified atom stereocenters. The van der Waals surface area contributed by atoms with Crippen molar-refractivity contribution in [2.45, 2.75) is 39.2 Å². The summed E-state index contributed by atoms with van der Waals surface area (Å²) < 4.78 is 9.74. The van der Waals surface area contributed by atoms with E-state index in [0.29, 0.717) is 12.8 Å². The van der Waals surface area contributed by atoms with E-state index in [0.717, 1.165) is 16.5 Å². The molecule has 0 spiro atoms. The van der Waals surface area contributed by atoms with E-state index in [-0.39, 0.29) is 12.3 Å². The quantitative estimate of drug-likeness (QED) is 0.657. The highest BCUT2D eigenvalue weighted by atomic mass is 16.5. The van der Waals surface area contributed by atoms with E-state index in [2.05, 4.69) is 10.3 Å². The lowest BCUT2D eigenvalue weighted by molar-refractivity contribution is -0.151. The van der Waals surface area contributed by atoms with Crippen LogP contribution in [0.3, 0.4) is 0 Å². The summed E-state index contributed by atoms with van der Waals surface area (Å²) in [5, 5.41) is 3.64. The minimum Gasteiger partial charge on any atom is -0.467 e. The summed E-state index contributed by atoms with van der Waals surface area (Å²) in [5.41, 5.74) is 2.04. The number of esters is 2. The summed E-state index contributed by atoms with van der Waals surface area (Å²) in [7, 11) is 1.27. The monoisotopic (exact) mass is 374 g/mol. The number of carbonyl (C=O) groups excluding carboxylic acids is 3. The molecule has 2 rings (SSSR count). The number of aromatic nitrogens is 1. The molecule has 146 valence electrons. The molecule has 0 bridgehead atoms. The zero-order valence-electron chi connectivity index (χ0n) is 15.9. The van der Waals surface area contributed by atoms with E-state index in [9.17, 15) is 14.4 Å². The predicted molar refractivity (Wildman–Crippen MR) is 101 cm³/mol. The Labute approximate surface area is 158 Å². The molecule has 1 aromatic heterocycles. The van der Waals surface area contributed by atoms with Crippen LogP contribution < -0.4 is 5.32 Å². The molecule has 0 saturated carbocycles. The fraction of sp³-hybridized carbons (Fsp3) is 0.450. The third-order valence-electron chi connectivity index (χ3n) is 4.62. The number of amides is 1. The summed E-state index contributed by atoms with van der Waals surface area (Å²) in [6.07, 6.45) is 3.26.